The van der Waals surface area contributed by atoms with Gasteiger partial charge in [0.25, 0.3) is 5.91 Å². The first-order valence-electron chi connectivity index (χ1n) is 9.61. The van der Waals surface area contributed by atoms with Crippen LogP contribution in [0.4, 0.5) is 0 Å². The van der Waals surface area contributed by atoms with Gasteiger partial charge in [0.15, 0.2) is 16.8 Å². The third kappa shape index (κ3) is 5.37. The van der Waals surface area contributed by atoms with Gasteiger partial charge in [-0.25, -0.2) is 0 Å². The molecule has 0 aliphatic rings. The predicted molar refractivity (Wildman–Crippen MR) is 122 cm³/mol. The fraction of sp³-hybridized carbons (Fsp3) is 0.273. The van der Waals surface area contributed by atoms with E-state index in [1.165, 1.54) is 11.8 Å². The van der Waals surface area contributed by atoms with E-state index >= 15 is 0 Å². The average Bonchev–Trinajstić information content (AvgIpc) is 3.15. The molecule has 1 aromatic heterocycles. The first-order chi connectivity index (χ1) is 14.4. The number of hydrogen-bond donors (Lipinski definition) is 1. The summed E-state index contributed by atoms with van der Waals surface area (Å²) in [7, 11) is 0. The number of carbonyl (C=O) groups excluding carboxylic acids is 2. The monoisotopic (exact) mass is 486 g/mol. The number of benzene rings is 2. The second kappa shape index (κ2) is 10.0. The molecule has 0 radical (unpaired) electrons. The number of carbonyl (C=O) groups is 2. The van der Waals surface area contributed by atoms with Crippen LogP contribution < -0.4 is 5.32 Å². The molecule has 0 aliphatic heterocycles. The van der Waals surface area contributed by atoms with Crippen molar-refractivity contribution in [2.75, 3.05) is 5.75 Å². The molecule has 30 heavy (non-hydrogen) atoms. The molecule has 3 rings (SSSR count). The Kier molecular flexibility index (Phi) is 7.44. The van der Waals surface area contributed by atoms with E-state index in [1.807, 2.05) is 55.7 Å². The van der Waals surface area contributed by atoms with Crippen molar-refractivity contribution in [2.24, 2.45) is 0 Å². The number of ketones is 1. The summed E-state index contributed by atoms with van der Waals surface area (Å²) < 4.78 is 2.87. The highest BCUT2D eigenvalue weighted by Crippen LogP contribution is 2.22. The van der Waals surface area contributed by atoms with Crippen LogP contribution in [0, 0.1) is 6.92 Å². The largest absolute Gasteiger partial charge is 0.342 e. The molecule has 1 N–H and O–H groups in total. The zero-order valence-electron chi connectivity index (χ0n) is 17.1. The molecular weight excluding hydrogens is 464 g/mol. The van der Waals surface area contributed by atoms with Gasteiger partial charge in [-0.15, -0.1) is 10.2 Å². The first-order valence-corrected chi connectivity index (χ1v) is 11.4. The summed E-state index contributed by atoms with van der Waals surface area (Å²) in [5.41, 5.74) is 2.30. The Balaban J connectivity index is 1.67. The number of aromatic nitrogens is 3. The van der Waals surface area contributed by atoms with E-state index in [1.54, 1.807) is 18.2 Å². The van der Waals surface area contributed by atoms with Crippen LogP contribution >= 0.6 is 27.7 Å². The summed E-state index contributed by atoms with van der Waals surface area (Å²) >= 11 is 4.72. The Morgan fingerprint density at radius 1 is 1.13 bits per heavy atom. The maximum atomic E-state index is 12.6. The fourth-order valence-corrected chi connectivity index (χ4v) is 4.17. The van der Waals surface area contributed by atoms with Crippen molar-refractivity contribution < 1.29 is 9.59 Å². The van der Waals surface area contributed by atoms with Crippen molar-refractivity contribution in [3.8, 4) is 0 Å². The molecule has 1 heterocycles. The minimum absolute atomic E-state index is 0.0282. The Morgan fingerprint density at radius 3 is 2.53 bits per heavy atom. The van der Waals surface area contributed by atoms with E-state index in [-0.39, 0.29) is 23.5 Å². The van der Waals surface area contributed by atoms with E-state index in [4.69, 9.17) is 0 Å². The zero-order valence-corrected chi connectivity index (χ0v) is 19.5. The highest BCUT2D eigenvalue weighted by atomic mass is 79.9. The molecule has 0 unspecified atom stereocenters. The summed E-state index contributed by atoms with van der Waals surface area (Å²) in [5, 5.41) is 12.2. The lowest BCUT2D eigenvalue weighted by molar-refractivity contribution is 0.0936. The second-order valence-electron chi connectivity index (χ2n) is 6.87. The van der Waals surface area contributed by atoms with Crippen molar-refractivity contribution in [3.63, 3.8) is 0 Å². The molecule has 0 bridgehead atoms. The number of rotatable bonds is 8. The molecule has 0 saturated carbocycles. The second-order valence-corrected chi connectivity index (χ2v) is 8.73. The quantitative estimate of drug-likeness (QED) is 0.364. The summed E-state index contributed by atoms with van der Waals surface area (Å²) in [4.78, 5) is 25.0. The Bertz CT molecular complexity index is 1050. The number of amides is 1. The minimum Gasteiger partial charge on any atom is -0.342 e. The smallest absolute Gasteiger partial charge is 0.251 e. The van der Waals surface area contributed by atoms with Gasteiger partial charge in [-0.3, -0.25) is 9.59 Å². The molecule has 0 aliphatic carbocycles. The maximum absolute atomic E-state index is 12.6. The molecule has 0 spiro atoms. The van der Waals surface area contributed by atoms with E-state index in [0.29, 0.717) is 28.7 Å². The number of aryl methyl sites for hydroxylation is 1. The molecule has 2 aromatic carbocycles. The standard InChI is InChI=1S/C22H23BrN4O2S/c1-4-27-20(15(3)24-21(29)17-7-5-6-14(2)12-17)25-26-22(27)30-13-19(28)16-8-10-18(23)11-9-16/h5-12,15H,4,13H2,1-3H3,(H,24,29)/t15-/m0/s1. The lowest BCUT2D eigenvalue weighted by Crippen LogP contribution is -2.28. The van der Waals surface area contributed by atoms with Crippen LogP contribution in [0.3, 0.4) is 0 Å². The van der Waals surface area contributed by atoms with Gasteiger partial charge in [0.1, 0.15) is 0 Å². The number of Topliss-reactive ketones (excluding diaryl/α,β-unsaturated/α-hetero) is 1. The van der Waals surface area contributed by atoms with Gasteiger partial charge in [0.2, 0.25) is 0 Å². The summed E-state index contributed by atoms with van der Waals surface area (Å²) in [6, 6.07) is 14.4. The van der Waals surface area contributed by atoms with Crippen LogP contribution in [0.15, 0.2) is 58.2 Å². The highest BCUT2D eigenvalue weighted by Gasteiger charge is 2.20. The lowest BCUT2D eigenvalue weighted by Gasteiger charge is -2.15. The fourth-order valence-electron chi connectivity index (χ4n) is 3.00. The van der Waals surface area contributed by atoms with E-state index in [0.717, 1.165) is 10.0 Å². The van der Waals surface area contributed by atoms with Gasteiger partial charge < -0.3 is 9.88 Å². The van der Waals surface area contributed by atoms with Crippen molar-refractivity contribution in [1.82, 2.24) is 20.1 Å². The highest BCUT2D eigenvalue weighted by molar-refractivity contribution is 9.10. The summed E-state index contributed by atoms with van der Waals surface area (Å²) in [5.74, 6) is 0.804. The molecule has 6 nitrogen and oxygen atoms in total. The van der Waals surface area contributed by atoms with Crippen molar-refractivity contribution in [3.05, 3.63) is 75.5 Å². The normalized spacial score (nSPS) is 11.9. The molecule has 156 valence electrons. The van der Waals surface area contributed by atoms with Gasteiger partial charge >= 0.3 is 0 Å². The molecular formula is C22H23BrN4O2S. The predicted octanol–water partition coefficient (Wildman–Crippen LogP) is 4.83. The van der Waals surface area contributed by atoms with Gasteiger partial charge in [-0.05, 0) is 45.0 Å². The van der Waals surface area contributed by atoms with E-state index in [9.17, 15) is 9.59 Å². The topological polar surface area (TPSA) is 76.9 Å². The third-order valence-corrected chi connectivity index (χ3v) is 6.07. The van der Waals surface area contributed by atoms with Crippen LogP contribution in [-0.4, -0.2) is 32.2 Å². The number of nitrogens with zero attached hydrogens (tertiary/aromatic N) is 3. The number of halogens is 1. The minimum atomic E-state index is -0.318. The van der Waals surface area contributed by atoms with Gasteiger partial charge in [-0.1, -0.05) is 57.5 Å². The maximum Gasteiger partial charge on any atom is 0.251 e. The van der Waals surface area contributed by atoms with Crippen molar-refractivity contribution in [2.45, 2.75) is 38.5 Å². The Morgan fingerprint density at radius 2 is 1.87 bits per heavy atom. The van der Waals surface area contributed by atoms with Gasteiger partial charge in [0.05, 0.1) is 11.8 Å². The Hall–Kier alpha value is -2.45. The average molecular weight is 487 g/mol. The van der Waals surface area contributed by atoms with Crippen LogP contribution in [-0.2, 0) is 6.54 Å². The van der Waals surface area contributed by atoms with E-state index in [2.05, 4.69) is 31.4 Å². The molecule has 8 heteroatoms. The number of nitrogens with one attached hydrogen (secondary N) is 1. The molecule has 1 amide bonds. The molecule has 3 aromatic rings. The van der Waals surface area contributed by atoms with Gasteiger partial charge in [0, 0.05) is 22.1 Å². The summed E-state index contributed by atoms with van der Waals surface area (Å²) in [6.45, 7) is 6.46. The zero-order chi connectivity index (χ0) is 21.7. The Labute approximate surface area is 188 Å². The first kappa shape index (κ1) is 22.2. The van der Waals surface area contributed by atoms with Crippen molar-refractivity contribution >= 4 is 39.4 Å². The molecule has 0 saturated heterocycles. The summed E-state index contributed by atoms with van der Waals surface area (Å²) in [6.07, 6.45) is 0. The SMILES string of the molecule is CCn1c(SCC(=O)c2ccc(Br)cc2)nnc1[C@H](C)NC(=O)c1cccc(C)c1. The van der Waals surface area contributed by atoms with Crippen LogP contribution in [0.5, 0.6) is 0 Å². The lowest BCUT2D eigenvalue weighted by atomic mass is 10.1. The van der Waals surface area contributed by atoms with E-state index < -0.39 is 0 Å². The van der Waals surface area contributed by atoms with Crippen LogP contribution in [0.25, 0.3) is 0 Å². The van der Waals surface area contributed by atoms with Crippen LogP contribution in [0.1, 0.15) is 52.0 Å². The number of thioether (sulfide) groups is 1. The van der Waals surface area contributed by atoms with Crippen molar-refractivity contribution in [1.29, 1.82) is 0 Å². The molecule has 1 atom stereocenters. The molecule has 0 fully saturated rings. The third-order valence-electron chi connectivity index (χ3n) is 4.58. The number of hydrogen-bond acceptors (Lipinski definition) is 5. The van der Waals surface area contributed by atoms with Gasteiger partial charge in [-0.2, -0.15) is 0 Å². The van der Waals surface area contributed by atoms with Crippen LogP contribution in [0.2, 0.25) is 0 Å².